The topological polar surface area (TPSA) is 54.8 Å². The second-order valence-corrected chi connectivity index (χ2v) is 8.08. The third kappa shape index (κ3) is 2.82. The molecule has 2 aliphatic heterocycles. The Morgan fingerprint density at radius 2 is 1.67 bits per heavy atom. The van der Waals surface area contributed by atoms with Gasteiger partial charge in [-0.05, 0) is 17.7 Å². The van der Waals surface area contributed by atoms with Gasteiger partial charge in [0.1, 0.15) is 0 Å². The quantitative estimate of drug-likeness (QED) is 0.661. The number of aromatic nitrogens is 1. The van der Waals surface area contributed by atoms with E-state index in [-0.39, 0.29) is 17.9 Å². The standard InChI is InChI=1S/C24H25N3O3/c1-25-15-19(16-7-5-6-10-20(16)25)22-21(24(29)27-11-13-30-14-12-27)17-8-3-4-9-18(17)23(28)26(22)2/h3-10,15,21-22H,11-14H2,1-2H3. The molecule has 0 N–H and O–H groups in total. The van der Waals surface area contributed by atoms with E-state index in [9.17, 15) is 9.59 Å². The molecule has 6 heteroatoms. The van der Waals surface area contributed by atoms with Crippen LogP contribution in [0.3, 0.4) is 0 Å². The highest BCUT2D eigenvalue weighted by atomic mass is 16.5. The summed E-state index contributed by atoms with van der Waals surface area (Å²) in [6, 6.07) is 15.3. The van der Waals surface area contributed by atoms with E-state index in [4.69, 9.17) is 4.74 Å². The number of hydrogen-bond acceptors (Lipinski definition) is 3. The first kappa shape index (κ1) is 18.9. The highest BCUT2D eigenvalue weighted by Gasteiger charge is 2.45. The third-order valence-electron chi connectivity index (χ3n) is 6.41. The van der Waals surface area contributed by atoms with E-state index in [0.717, 1.165) is 22.0 Å². The van der Waals surface area contributed by atoms with Crippen LogP contribution in [0.5, 0.6) is 0 Å². The molecule has 3 heterocycles. The minimum atomic E-state index is -0.451. The first-order valence-corrected chi connectivity index (χ1v) is 10.3. The minimum Gasteiger partial charge on any atom is -0.378 e. The van der Waals surface area contributed by atoms with Crippen molar-refractivity contribution in [3.05, 3.63) is 71.4 Å². The van der Waals surface area contributed by atoms with E-state index in [1.165, 1.54) is 0 Å². The largest absolute Gasteiger partial charge is 0.378 e. The summed E-state index contributed by atoms with van der Waals surface area (Å²) in [4.78, 5) is 30.7. The fourth-order valence-corrected chi connectivity index (χ4v) is 4.92. The maximum absolute atomic E-state index is 13.8. The molecule has 2 atom stereocenters. The summed E-state index contributed by atoms with van der Waals surface area (Å²) in [5, 5.41) is 1.07. The van der Waals surface area contributed by atoms with E-state index in [1.54, 1.807) is 4.90 Å². The van der Waals surface area contributed by atoms with Crippen LogP contribution in [0.4, 0.5) is 0 Å². The summed E-state index contributed by atoms with van der Waals surface area (Å²) in [7, 11) is 3.81. The lowest BCUT2D eigenvalue weighted by Crippen LogP contribution is -2.49. The number of aryl methyl sites for hydroxylation is 1. The van der Waals surface area contributed by atoms with Gasteiger partial charge in [0.25, 0.3) is 5.91 Å². The van der Waals surface area contributed by atoms with Crippen LogP contribution in [0.15, 0.2) is 54.7 Å². The van der Waals surface area contributed by atoms with Crippen LogP contribution in [0.2, 0.25) is 0 Å². The van der Waals surface area contributed by atoms with Crippen molar-refractivity contribution in [1.82, 2.24) is 14.4 Å². The molecule has 0 radical (unpaired) electrons. The van der Waals surface area contributed by atoms with Gasteiger partial charge < -0.3 is 19.1 Å². The van der Waals surface area contributed by atoms with Gasteiger partial charge in [-0.15, -0.1) is 0 Å². The number of carbonyl (C=O) groups excluding carboxylic acids is 2. The molecule has 1 aromatic heterocycles. The number of hydrogen-bond donors (Lipinski definition) is 0. The highest BCUT2D eigenvalue weighted by molar-refractivity contribution is 6.02. The molecule has 0 spiro atoms. The van der Waals surface area contributed by atoms with Gasteiger partial charge >= 0.3 is 0 Å². The Morgan fingerprint density at radius 1 is 0.967 bits per heavy atom. The van der Waals surface area contributed by atoms with Gasteiger partial charge in [0, 0.05) is 55.4 Å². The van der Waals surface area contributed by atoms with E-state index in [1.807, 2.05) is 55.4 Å². The third-order valence-corrected chi connectivity index (χ3v) is 6.41. The molecule has 1 saturated heterocycles. The molecule has 2 aliphatic rings. The van der Waals surface area contributed by atoms with Crippen molar-refractivity contribution in [2.45, 2.75) is 12.0 Å². The molecule has 3 aromatic rings. The molecule has 5 rings (SSSR count). The monoisotopic (exact) mass is 403 g/mol. The van der Waals surface area contributed by atoms with Crippen molar-refractivity contribution < 1.29 is 14.3 Å². The van der Waals surface area contributed by atoms with Crippen LogP contribution < -0.4 is 0 Å². The summed E-state index contributed by atoms with van der Waals surface area (Å²) in [5.41, 5.74) is 3.52. The van der Waals surface area contributed by atoms with E-state index in [2.05, 4.69) is 22.9 Å². The lowest BCUT2D eigenvalue weighted by Gasteiger charge is -2.42. The first-order valence-electron chi connectivity index (χ1n) is 10.3. The summed E-state index contributed by atoms with van der Waals surface area (Å²) in [5.74, 6) is -0.439. The molecule has 1 fully saturated rings. The van der Waals surface area contributed by atoms with Crippen LogP contribution in [0, 0.1) is 0 Å². The van der Waals surface area contributed by atoms with Gasteiger partial charge in [-0.1, -0.05) is 36.4 Å². The van der Waals surface area contributed by atoms with Crippen molar-refractivity contribution in [2.24, 2.45) is 7.05 Å². The normalized spacial score (nSPS) is 21.7. The number of carbonyl (C=O) groups is 2. The minimum absolute atomic E-state index is 0.0467. The molecular weight excluding hydrogens is 378 g/mol. The number of amides is 2. The zero-order chi connectivity index (χ0) is 20.8. The molecule has 0 bridgehead atoms. The summed E-state index contributed by atoms with van der Waals surface area (Å²) < 4.78 is 7.52. The Bertz CT molecular complexity index is 1130. The van der Waals surface area contributed by atoms with E-state index < -0.39 is 5.92 Å². The van der Waals surface area contributed by atoms with Gasteiger partial charge in [0.2, 0.25) is 5.91 Å². The lowest BCUT2D eigenvalue weighted by molar-refractivity contribution is -0.138. The Kier molecular flexibility index (Phi) is 4.59. The van der Waals surface area contributed by atoms with Gasteiger partial charge in [0.05, 0.1) is 25.2 Å². The van der Waals surface area contributed by atoms with Gasteiger partial charge in [-0.2, -0.15) is 0 Å². The van der Waals surface area contributed by atoms with Crippen LogP contribution in [0.25, 0.3) is 10.9 Å². The molecular formula is C24H25N3O3. The van der Waals surface area contributed by atoms with E-state index >= 15 is 0 Å². The summed E-state index contributed by atoms with van der Waals surface area (Å²) in [6.45, 7) is 2.26. The zero-order valence-electron chi connectivity index (χ0n) is 17.2. The van der Waals surface area contributed by atoms with Crippen molar-refractivity contribution in [3.8, 4) is 0 Å². The maximum Gasteiger partial charge on any atom is 0.254 e. The Morgan fingerprint density at radius 3 is 2.47 bits per heavy atom. The van der Waals surface area contributed by atoms with Crippen LogP contribution in [-0.4, -0.2) is 59.5 Å². The number of ether oxygens (including phenoxy) is 1. The van der Waals surface area contributed by atoms with Crippen LogP contribution in [-0.2, 0) is 16.6 Å². The number of fused-ring (bicyclic) bond motifs is 2. The lowest BCUT2D eigenvalue weighted by atomic mass is 9.79. The Hall–Kier alpha value is -3.12. The molecule has 154 valence electrons. The van der Waals surface area contributed by atoms with Crippen molar-refractivity contribution in [2.75, 3.05) is 33.4 Å². The molecule has 2 amide bonds. The van der Waals surface area contributed by atoms with Gasteiger partial charge in [-0.3, -0.25) is 9.59 Å². The summed E-state index contributed by atoms with van der Waals surface area (Å²) in [6.07, 6.45) is 2.06. The molecule has 30 heavy (non-hydrogen) atoms. The highest BCUT2D eigenvalue weighted by Crippen LogP contribution is 2.45. The van der Waals surface area contributed by atoms with Crippen molar-refractivity contribution >= 4 is 22.7 Å². The zero-order valence-corrected chi connectivity index (χ0v) is 17.2. The average molecular weight is 403 g/mol. The predicted octanol–water partition coefficient (Wildman–Crippen LogP) is 2.95. The Labute approximate surface area is 175 Å². The number of rotatable bonds is 2. The second-order valence-electron chi connectivity index (χ2n) is 8.08. The van der Waals surface area contributed by atoms with Crippen molar-refractivity contribution in [3.63, 3.8) is 0 Å². The molecule has 0 saturated carbocycles. The fraction of sp³-hybridized carbons (Fsp3) is 0.333. The summed E-state index contributed by atoms with van der Waals surface area (Å²) >= 11 is 0. The number of para-hydroxylation sites is 1. The number of nitrogens with zero attached hydrogens (tertiary/aromatic N) is 3. The number of morpholine rings is 1. The molecule has 2 aromatic carbocycles. The van der Waals surface area contributed by atoms with E-state index in [0.29, 0.717) is 31.9 Å². The first-order chi connectivity index (χ1) is 14.6. The second kappa shape index (κ2) is 7.29. The van der Waals surface area contributed by atoms with Crippen LogP contribution >= 0.6 is 0 Å². The average Bonchev–Trinajstić information content (AvgIpc) is 3.12. The van der Waals surface area contributed by atoms with Crippen molar-refractivity contribution in [1.29, 1.82) is 0 Å². The molecule has 2 unspecified atom stereocenters. The predicted molar refractivity (Wildman–Crippen MR) is 114 cm³/mol. The van der Waals surface area contributed by atoms with Gasteiger partial charge in [0.15, 0.2) is 0 Å². The number of likely N-dealkylation sites (N-methyl/N-ethyl adjacent to an activating group) is 1. The van der Waals surface area contributed by atoms with Gasteiger partial charge in [-0.25, -0.2) is 0 Å². The fourth-order valence-electron chi connectivity index (χ4n) is 4.92. The smallest absolute Gasteiger partial charge is 0.254 e. The molecule has 6 nitrogen and oxygen atoms in total. The maximum atomic E-state index is 13.8. The Balaban J connectivity index is 1.70. The van der Waals surface area contributed by atoms with Crippen LogP contribution in [0.1, 0.15) is 33.4 Å². The molecule has 0 aliphatic carbocycles. The number of benzene rings is 2. The SMILES string of the molecule is CN1C(=O)c2ccccc2C(C(=O)N2CCOCC2)C1c1cn(C)c2ccccc12.